The number of hydrogen-bond acceptors (Lipinski definition) is 4. The van der Waals surface area contributed by atoms with E-state index in [2.05, 4.69) is 6.07 Å². The molecule has 0 heterocycles. The smallest absolute Gasteiger partial charge is 0.324 e. The number of nitrogens with zero attached hydrogens (tertiary/aromatic N) is 2. The van der Waals surface area contributed by atoms with Crippen LogP contribution >= 0.6 is 0 Å². The molecule has 0 aromatic carbocycles. The van der Waals surface area contributed by atoms with Crippen molar-refractivity contribution in [1.82, 2.24) is 0 Å². The summed E-state index contributed by atoms with van der Waals surface area (Å²) >= 11 is 0. The number of esters is 1. The van der Waals surface area contributed by atoms with E-state index in [0.717, 1.165) is 0 Å². The summed E-state index contributed by atoms with van der Waals surface area (Å²) in [5, 5.41) is 18.0. The molecule has 0 radical (unpaired) electrons. The second-order valence-electron chi connectivity index (χ2n) is 3.29. The maximum Gasteiger partial charge on any atom is 0.324 e. The third-order valence-corrected chi connectivity index (χ3v) is 2.69. The molecule has 0 aliphatic carbocycles. The average Bonchev–Trinajstić information content (AvgIpc) is 2.26. The maximum absolute atomic E-state index is 11.5. The summed E-state index contributed by atoms with van der Waals surface area (Å²) in [5.41, 5.74) is -0.916. The summed E-state index contributed by atoms with van der Waals surface area (Å²) in [7, 11) is 0. The number of carbonyl (C=O) groups excluding carboxylic acids is 1. The number of nitriles is 2. The number of rotatable bonds is 5. The van der Waals surface area contributed by atoms with Gasteiger partial charge in [-0.25, -0.2) is 0 Å². The second kappa shape index (κ2) is 6.03. The van der Waals surface area contributed by atoms with Gasteiger partial charge in [-0.2, -0.15) is 10.5 Å². The van der Waals surface area contributed by atoms with Crippen molar-refractivity contribution >= 4 is 5.97 Å². The van der Waals surface area contributed by atoms with E-state index in [9.17, 15) is 4.79 Å². The molecule has 0 fully saturated rings. The zero-order valence-corrected chi connectivity index (χ0v) is 9.41. The topological polar surface area (TPSA) is 73.9 Å². The predicted octanol–water partition coefficient (Wildman–Crippen LogP) is 2.02. The van der Waals surface area contributed by atoms with Crippen LogP contribution in [0.15, 0.2) is 0 Å². The van der Waals surface area contributed by atoms with Gasteiger partial charge < -0.3 is 4.74 Å². The quantitative estimate of drug-likeness (QED) is 0.648. The molecule has 4 heteroatoms. The molecule has 0 spiro atoms. The lowest BCUT2D eigenvalue weighted by Crippen LogP contribution is -2.34. The van der Waals surface area contributed by atoms with Crippen LogP contribution < -0.4 is 0 Å². The first-order valence-corrected chi connectivity index (χ1v) is 5.09. The number of carbonyl (C=O) groups is 1. The van der Waals surface area contributed by atoms with Crippen LogP contribution in [-0.2, 0) is 9.53 Å². The van der Waals surface area contributed by atoms with Crippen molar-refractivity contribution in [1.29, 1.82) is 10.5 Å². The van der Waals surface area contributed by atoms with E-state index in [1.54, 1.807) is 20.8 Å². The highest BCUT2D eigenvalue weighted by atomic mass is 16.5. The van der Waals surface area contributed by atoms with E-state index in [1.807, 2.05) is 6.07 Å². The Labute approximate surface area is 90.4 Å². The monoisotopic (exact) mass is 208 g/mol. The van der Waals surface area contributed by atoms with E-state index < -0.39 is 17.3 Å². The first-order chi connectivity index (χ1) is 7.11. The molecule has 1 atom stereocenters. The van der Waals surface area contributed by atoms with Crippen LogP contribution in [0, 0.1) is 34.0 Å². The molecule has 82 valence electrons. The van der Waals surface area contributed by atoms with Crippen molar-refractivity contribution < 1.29 is 9.53 Å². The summed E-state index contributed by atoms with van der Waals surface area (Å²) in [6.45, 7) is 5.51. The second-order valence-corrected chi connectivity index (χ2v) is 3.29. The Balaban J connectivity index is 5.03. The van der Waals surface area contributed by atoms with Gasteiger partial charge in [0.05, 0.1) is 24.2 Å². The van der Waals surface area contributed by atoms with Crippen molar-refractivity contribution in [2.75, 3.05) is 6.61 Å². The Bertz CT molecular complexity index is 295. The largest absolute Gasteiger partial charge is 0.465 e. The minimum atomic E-state index is -0.988. The molecule has 0 bridgehead atoms. The SMILES string of the molecule is CCOC(=O)C(C#N)C(C#N)(CC)CC. The predicted molar refractivity (Wildman–Crippen MR) is 54.4 cm³/mol. The minimum absolute atomic E-state index is 0.228. The van der Waals surface area contributed by atoms with E-state index in [0.29, 0.717) is 12.8 Å². The van der Waals surface area contributed by atoms with Crippen molar-refractivity contribution in [3.05, 3.63) is 0 Å². The fourth-order valence-corrected chi connectivity index (χ4v) is 1.51. The van der Waals surface area contributed by atoms with Crippen LogP contribution in [0.5, 0.6) is 0 Å². The van der Waals surface area contributed by atoms with Crippen LogP contribution in [0.25, 0.3) is 0 Å². The molecule has 0 aliphatic heterocycles. The van der Waals surface area contributed by atoms with Crippen molar-refractivity contribution in [2.45, 2.75) is 33.6 Å². The number of ether oxygens (including phenoxy) is 1. The lowest BCUT2D eigenvalue weighted by atomic mass is 9.73. The molecule has 0 aromatic rings. The van der Waals surface area contributed by atoms with Gasteiger partial charge in [0.1, 0.15) is 0 Å². The zero-order chi connectivity index (χ0) is 11.9. The van der Waals surface area contributed by atoms with Crippen molar-refractivity contribution in [3.63, 3.8) is 0 Å². The van der Waals surface area contributed by atoms with E-state index in [1.165, 1.54) is 0 Å². The molecular weight excluding hydrogens is 192 g/mol. The molecule has 0 aliphatic rings. The van der Waals surface area contributed by atoms with Crippen LogP contribution in [0.3, 0.4) is 0 Å². The fourth-order valence-electron chi connectivity index (χ4n) is 1.51. The lowest BCUT2D eigenvalue weighted by molar-refractivity contribution is -0.149. The molecule has 0 saturated carbocycles. The van der Waals surface area contributed by atoms with Gasteiger partial charge >= 0.3 is 5.97 Å². The van der Waals surface area contributed by atoms with Gasteiger partial charge in [0.15, 0.2) is 5.92 Å². The standard InChI is InChI=1S/C11H16N2O2/c1-4-11(5-2,8-13)9(7-12)10(14)15-6-3/h9H,4-6H2,1-3H3. The lowest BCUT2D eigenvalue weighted by Gasteiger charge is -2.26. The van der Waals surface area contributed by atoms with Gasteiger partial charge in [-0.05, 0) is 19.8 Å². The normalized spacial score (nSPS) is 12.3. The third-order valence-electron chi connectivity index (χ3n) is 2.69. The highest BCUT2D eigenvalue weighted by molar-refractivity contribution is 5.76. The van der Waals surface area contributed by atoms with E-state index in [4.69, 9.17) is 15.3 Å². The molecule has 0 rings (SSSR count). The van der Waals surface area contributed by atoms with Crippen molar-refractivity contribution in [2.24, 2.45) is 11.3 Å². The molecule has 0 saturated heterocycles. The summed E-state index contributed by atoms with van der Waals surface area (Å²) in [5.74, 6) is -1.58. The third kappa shape index (κ3) is 2.70. The summed E-state index contributed by atoms with van der Waals surface area (Å²) in [6, 6.07) is 3.97. The molecule has 0 aromatic heterocycles. The van der Waals surface area contributed by atoms with Crippen LogP contribution in [0.4, 0.5) is 0 Å². The Kier molecular flexibility index (Phi) is 5.41. The highest BCUT2D eigenvalue weighted by Gasteiger charge is 2.42. The van der Waals surface area contributed by atoms with Gasteiger partial charge in [-0.1, -0.05) is 13.8 Å². The molecule has 1 unspecified atom stereocenters. The minimum Gasteiger partial charge on any atom is -0.465 e. The van der Waals surface area contributed by atoms with E-state index >= 15 is 0 Å². The van der Waals surface area contributed by atoms with Crippen LogP contribution in [0.1, 0.15) is 33.6 Å². The fraction of sp³-hybridized carbons (Fsp3) is 0.727. The molecule has 15 heavy (non-hydrogen) atoms. The number of hydrogen-bond donors (Lipinski definition) is 0. The van der Waals surface area contributed by atoms with Gasteiger partial charge in [0, 0.05) is 0 Å². The molecule has 0 amide bonds. The Morgan fingerprint density at radius 1 is 1.33 bits per heavy atom. The van der Waals surface area contributed by atoms with Gasteiger partial charge in [0.2, 0.25) is 0 Å². The Morgan fingerprint density at radius 2 is 1.87 bits per heavy atom. The van der Waals surface area contributed by atoms with Crippen LogP contribution in [0.2, 0.25) is 0 Å². The first-order valence-electron chi connectivity index (χ1n) is 5.09. The van der Waals surface area contributed by atoms with E-state index in [-0.39, 0.29) is 6.61 Å². The summed E-state index contributed by atoms with van der Waals surface area (Å²) in [6.07, 6.45) is 0.939. The average molecular weight is 208 g/mol. The van der Waals surface area contributed by atoms with Gasteiger partial charge in [0.25, 0.3) is 0 Å². The molecular formula is C11H16N2O2. The first kappa shape index (κ1) is 13.4. The van der Waals surface area contributed by atoms with Crippen LogP contribution in [-0.4, -0.2) is 12.6 Å². The van der Waals surface area contributed by atoms with Crippen molar-refractivity contribution in [3.8, 4) is 12.1 Å². The zero-order valence-electron chi connectivity index (χ0n) is 9.41. The van der Waals surface area contributed by atoms with Gasteiger partial charge in [-0.15, -0.1) is 0 Å². The Hall–Kier alpha value is -1.55. The Morgan fingerprint density at radius 3 is 2.13 bits per heavy atom. The summed E-state index contributed by atoms with van der Waals surface area (Å²) < 4.78 is 4.79. The van der Waals surface area contributed by atoms with Gasteiger partial charge in [-0.3, -0.25) is 4.79 Å². The summed E-state index contributed by atoms with van der Waals surface area (Å²) in [4.78, 5) is 11.5. The maximum atomic E-state index is 11.5. The molecule has 0 N–H and O–H groups in total. The highest BCUT2D eigenvalue weighted by Crippen LogP contribution is 2.35. The molecule has 4 nitrogen and oxygen atoms in total.